The summed E-state index contributed by atoms with van der Waals surface area (Å²) in [5.41, 5.74) is 0.920. The molecule has 0 unspecified atom stereocenters. The number of rotatable bonds is 5. The molecule has 21 heavy (non-hydrogen) atoms. The molecule has 0 spiro atoms. The third-order valence-electron chi connectivity index (χ3n) is 4.07. The maximum Gasteiger partial charge on any atom is 0.223 e. The Kier molecular flexibility index (Phi) is 5.04. The molecule has 1 aliphatic rings. The monoisotopic (exact) mass is 309 g/mol. The fraction of sp³-hybridized carbons (Fsp3) is 0.562. The van der Waals surface area contributed by atoms with Crippen molar-refractivity contribution in [3.05, 3.63) is 29.8 Å². The fourth-order valence-electron chi connectivity index (χ4n) is 2.59. The minimum Gasteiger partial charge on any atom is -0.352 e. The van der Waals surface area contributed by atoms with E-state index >= 15 is 0 Å². The van der Waals surface area contributed by atoms with Crippen LogP contribution in [0.2, 0.25) is 0 Å². The first-order valence-corrected chi connectivity index (χ1v) is 9.06. The molecule has 1 amide bonds. The van der Waals surface area contributed by atoms with Crippen molar-refractivity contribution < 1.29 is 13.2 Å². The van der Waals surface area contributed by atoms with Crippen molar-refractivity contribution >= 4 is 15.7 Å². The second-order valence-electron chi connectivity index (χ2n) is 5.94. The summed E-state index contributed by atoms with van der Waals surface area (Å²) in [6.45, 7) is 3.80. The van der Waals surface area contributed by atoms with E-state index in [1.165, 1.54) is 0 Å². The van der Waals surface area contributed by atoms with Crippen molar-refractivity contribution in [2.75, 3.05) is 0 Å². The number of hydrogen-bond acceptors (Lipinski definition) is 3. The van der Waals surface area contributed by atoms with Gasteiger partial charge in [-0.1, -0.05) is 25.0 Å². The molecule has 1 aromatic rings. The first-order valence-electron chi connectivity index (χ1n) is 7.52. The number of sulfone groups is 1. The fourth-order valence-corrected chi connectivity index (χ4v) is 3.65. The molecule has 4 nitrogen and oxygen atoms in total. The van der Waals surface area contributed by atoms with Gasteiger partial charge in [-0.25, -0.2) is 8.42 Å². The standard InChI is InChI=1S/C16H23NO3S/c1-12(2)21(19,20)15-9-7-13(8-10-15)11-17-16(18)14-5-3-4-6-14/h7-10,12,14H,3-6,11H2,1-2H3,(H,17,18). The Morgan fingerprint density at radius 1 is 1.19 bits per heavy atom. The molecule has 0 bridgehead atoms. The zero-order valence-corrected chi connectivity index (χ0v) is 13.4. The van der Waals surface area contributed by atoms with E-state index < -0.39 is 15.1 Å². The highest BCUT2D eigenvalue weighted by molar-refractivity contribution is 7.92. The molecule has 5 heteroatoms. The third-order valence-corrected chi connectivity index (χ3v) is 6.24. The first-order chi connectivity index (χ1) is 9.91. The largest absolute Gasteiger partial charge is 0.352 e. The molecule has 1 fully saturated rings. The van der Waals surface area contributed by atoms with E-state index in [-0.39, 0.29) is 11.8 Å². The summed E-state index contributed by atoms with van der Waals surface area (Å²) in [5.74, 6) is 0.275. The Balaban J connectivity index is 1.95. The SMILES string of the molecule is CC(C)S(=O)(=O)c1ccc(CNC(=O)C2CCCC2)cc1. The molecule has 0 aromatic heterocycles. The van der Waals surface area contributed by atoms with Gasteiger partial charge < -0.3 is 5.32 Å². The summed E-state index contributed by atoms with van der Waals surface area (Å²) in [5, 5.41) is 2.51. The molecular weight excluding hydrogens is 286 g/mol. The number of hydrogen-bond donors (Lipinski definition) is 1. The smallest absolute Gasteiger partial charge is 0.223 e. The average Bonchev–Trinajstić information content (AvgIpc) is 2.99. The van der Waals surface area contributed by atoms with Gasteiger partial charge >= 0.3 is 0 Å². The normalized spacial score (nSPS) is 16.3. The highest BCUT2D eigenvalue weighted by Gasteiger charge is 2.22. The first kappa shape index (κ1) is 16.0. The van der Waals surface area contributed by atoms with Gasteiger partial charge in [0.05, 0.1) is 10.1 Å². The lowest BCUT2D eigenvalue weighted by molar-refractivity contribution is -0.124. The van der Waals surface area contributed by atoms with Crippen LogP contribution >= 0.6 is 0 Å². The van der Waals surface area contributed by atoms with E-state index in [0.717, 1.165) is 31.2 Å². The van der Waals surface area contributed by atoms with Crippen LogP contribution in [0.3, 0.4) is 0 Å². The van der Waals surface area contributed by atoms with Crippen LogP contribution in [0.4, 0.5) is 0 Å². The van der Waals surface area contributed by atoms with E-state index in [2.05, 4.69) is 5.32 Å². The lowest BCUT2D eigenvalue weighted by Gasteiger charge is -2.11. The topological polar surface area (TPSA) is 63.2 Å². The van der Waals surface area contributed by atoms with Crippen molar-refractivity contribution in [2.45, 2.75) is 56.2 Å². The molecule has 1 aliphatic carbocycles. The molecule has 0 atom stereocenters. The third kappa shape index (κ3) is 3.84. The zero-order chi connectivity index (χ0) is 15.5. The van der Waals surface area contributed by atoms with Crippen LogP contribution < -0.4 is 5.32 Å². The Morgan fingerprint density at radius 3 is 2.29 bits per heavy atom. The van der Waals surface area contributed by atoms with Gasteiger partial charge in [-0.3, -0.25) is 4.79 Å². The lowest BCUT2D eigenvalue weighted by atomic mass is 10.1. The van der Waals surface area contributed by atoms with Gasteiger partial charge in [-0.15, -0.1) is 0 Å². The highest BCUT2D eigenvalue weighted by Crippen LogP contribution is 2.24. The van der Waals surface area contributed by atoms with Gasteiger partial charge in [-0.2, -0.15) is 0 Å². The summed E-state index contributed by atoms with van der Waals surface area (Å²) in [7, 11) is -3.23. The summed E-state index contributed by atoms with van der Waals surface area (Å²) in [6.07, 6.45) is 4.24. The van der Waals surface area contributed by atoms with Crippen LogP contribution in [0.25, 0.3) is 0 Å². The van der Waals surface area contributed by atoms with Gasteiger partial charge in [0.2, 0.25) is 5.91 Å². The molecule has 1 saturated carbocycles. The molecule has 1 N–H and O–H groups in total. The van der Waals surface area contributed by atoms with Gasteiger partial charge in [0.1, 0.15) is 0 Å². The summed E-state index contributed by atoms with van der Waals surface area (Å²) in [6, 6.07) is 6.77. The highest BCUT2D eigenvalue weighted by atomic mass is 32.2. The van der Waals surface area contributed by atoms with Crippen LogP contribution in [-0.2, 0) is 21.2 Å². The molecular formula is C16H23NO3S. The molecule has 1 aromatic carbocycles. The minimum atomic E-state index is -3.23. The summed E-state index contributed by atoms with van der Waals surface area (Å²) < 4.78 is 24.0. The van der Waals surface area contributed by atoms with Crippen molar-refractivity contribution in [3.8, 4) is 0 Å². The Labute approximate surface area is 126 Å². The van der Waals surface area contributed by atoms with Crippen molar-refractivity contribution in [3.63, 3.8) is 0 Å². The predicted octanol–water partition coefficient (Wildman–Crippen LogP) is 2.68. The van der Waals surface area contributed by atoms with Crippen LogP contribution in [0.15, 0.2) is 29.2 Å². The van der Waals surface area contributed by atoms with Crippen LogP contribution in [0.5, 0.6) is 0 Å². The average molecular weight is 309 g/mol. The predicted molar refractivity (Wildman–Crippen MR) is 82.6 cm³/mol. The molecule has 0 radical (unpaired) electrons. The number of benzene rings is 1. The number of amides is 1. The van der Waals surface area contributed by atoms with Gasteiger partial charge in [0.25, 0.3) is 0 Å². The van der Waals surface area contributed by atoms with Gasteiger partial charge in [0.15, 0.2) is 9.84 Å². The second kappa shape index (κ2) is 6.60. The van der Waals surface area contributed by atoms with E-state index in [1.54, 1.807) is 38.1 Å². The Bertz CT molecular complexity index is 584. The van der Waals surface area contributed by atoms with Crippen molar-refractivity contribution in [2.24, 2.45) is 5.92 Å². The van der Waals surface area contributed by atoms with Crippen molar-refractivity contribution in [1.29, 1.82) is 0 Å². The quantitative estimate of drug-likeness (QED) is 0.909. The summed E-state index contributed by atoms with van der Waals surface area (Å²) in [4.78, 5) is 12.3. The van der Waals surface area contributed by atoms with Gasteiger partial charge in [0, 0.05) is 12.5 Å². The molecule has 0 aliphatic heterocycles. The van der Waals surface area contributed by atoms with E-state index in [0.29, 0.717) is 11.4 Å². The molecule has 2 rings (SSSR count). The Hall–Kier alpha value is -1.36. The van der Waals surface area contributed by atoms with E-state index in [1.807, 2.05) is 0 Å². The maximum absolute atomic E-state index is 12.0. The van der Waals surface area contributed by atoms with Crippen LogP contribution in [0.1, 0.15) is 45.1 Å². The number of carbonyl (C=O) groups is 1. The minimum absolute atomic E-state index is 0.117. The lowest BCUT2D eigenvalue weighted by Crippen LogP contribution is -2.28. The summed E-state index contributed by atoms with van der Waals surface area (Å²) >= 11 is 0. The Morgan fingerprint density at radius 2 is 1.76 bits per heavy atom. The molecule has 0 heterocycles. The zero-order valence-electron chi connectivity index (χ0n) is 12.6. The second-order valence-corrected chi connectivity index (χ2v) is 8.44. The van der Waals surface area contributed by atoms with Crippen LogP contribution in [0, 0.1) is 5.92 Å². The van der Waals surface area contributed by atoms with Crippen LogP contribution in [-0.4, -0.2) is 19.6 Å². The molecule has 116 valence electrons. The number of carbonyl (C=O) groups excluding carboxylic acids is 1. The van der Waals surface area contributed by atoms with Crippen molar-refractivity contribution in [1.82, 2.24) is 5.32 Å². The van der Waals surface area contributed by atoms with E-state index in [4.69, 9.17) is 0 Å². The number of nitrogens with one attached hydrogen (secondary N) is 1. The maximum atomic E-state index is 12.0. The van der Waals surface area contributed by atoms with E-state index in [9.17, 15) is 13.2 Å². The van der Waals surface area contributed by atoms with Gasteiger partial charge in [-0.05, 0) is 44.4 Å². The molecule has 0 saturated heterocycles.